The highest BCUT2D eigenvalue weighted by atomic mass is 19.2. The predicted molar refractivity (Wildman–Crippen MR) is 99.6 cm³/mol. The maximum Gasteiger partial charge on any atom is 0.344 e. The molecule has 0 spiro atoms. The third-order valence-electron chi connectivity index (χ3n) is 4.30. The van der Waals surface area contributed by atoms with E-state index in [9.17, 15) is 23.2 Å². The maximum absolute atomic E-state index is 13.4. The van der Waals surface area contributed by atoms with Crippen LogP contribution in [0.25, 0.3) is 0 Å². The Balaban J connectivity index is 2.12. The van der Waals surface area contributed by atoms with Gasteiger partial charge in [0.15, 0.2) is 24.0 Å². The summed E-state index contributed by atoms with van der Waals surface area (Å²) in [5.74, 6) is -3.56. The van der Waals surface area contributed by atoms with Gasteiger partial charge in [0.25, 0.3) is 5.91 Å². The summed E-state index contributed by atoms with van der Waals surface area (Å²) < 4.78 is 36.8. The van der Waals surface area contributed by atoms with Crippen LogP contribution in [-0.2, 0) is 9.53 Å². The van der Waals surface area contributed by atoms with Crippen molar-refractivity contribution in [2.45, 2.75) is 33.7 Å². The van der Waals surface area contributed by atoms with Gasteiger partial charge in [-0.3, -0.25) is 14.9 Å². The van der Waals surface area contributed by atoms with Crippen LogP contribution in [-0.4, -0.2) is 30.8 Å². The predicted octanol–water partition coefficient (Wildman–Crippen LogP) is 2.51. The number of carbonyl (C=O) groups is 3. The molecule has 1 atom stereocenters. The van der Waals surface area contributed by atoms with Gasteiger partial charge in [-0.15, -0.1) is 0 Å². The number of halogens is 2. The first-order valence-corrected chi connectivity index (χ1v) is 9.05. The SMILES string of the molecule is CCOC(=O)c1c(NC(=O)C[NH2+][C@@H](C)c2ccc(F)c(F)c2)oc(C)c1C(C)=O. The van der Waals surface area contributed by atoms with Crippen molar-refractivity contribution in [1.29, 1.82) is 0 Å². The molecule has 2 rings (SSSR count). The van der Waals surface area contributed by atoms with E-state index >= 15 is 0 Å². The fourth-order valence-electron chi connectivity index (χ4n) is 2.85. The summed E-state index contributed by atoms with van der Waals surface area (Å²) in [6.07, 6.45) is 0. The Morgan fingerprint density at radius 2 is 1.90 bits per heavy atom. The molecule has 2 aromatic rings. The summed E-state index contributed by atoms with van der Waals surface area (Å²) in [5.41, 5.74) is 0.438. The van der Waals surface area contributed by atoms with Crippen molar-refractivity contribution >= 4 is 23.5 Å². The van der Waals surface area contributed by atoms with E-state index < -0.39 is 29.3 Å². The average Bonchev–Trinajstić information content (AvgIpc) is 2.98. The van der Waals surface area contributed by atoms with E-state index in [4.69, 9.17) is 9.15 Å². The number of ketones is 1. The van der Waals surface area contributed by atoms with E-state index in [1.165, 1.54) is 19.9 Å². The van der Waals surface area contributed by atoms with E-state index in [0.29, 0.717) is 5.56 Å². The minimum atomic E-state index is -0.964. The van der Waals surface area contributed by atoms with Gasteiger partial charge in [-0.2, -0.15) is 0 Å². The van der Waals surface area contributed by atoms with Crippen LogP contribution >= 0.6 is 0 Å². The largest absolute Gasteiger partial charge is 0.462 e. The zero-order valence-electron chi connectivity index (χ0n) is 16.6. The van der Waals surface area contributed by atoms with Gasteiger partial charge in [0, 0.05) is 5.56 Å². The number of ether oxygens (including phenoxy) is 1. The zero-order valence-corrected chi connectivity index (χ0v) is 16.6. The molecule has 29 heavy (non-hydrogen) atoms. The number of hydrogen-bond donors (Lipinski definition) is 2. The summed E-state index contributed by atoms with van der Waals surface area (Å²) in [6, 6.07) is 3.20. The normalized spacial score (nSPS) is 11.8. The molecular weight excluding hydrogens is 386 g/mol. The Bertz CT molecular complexity index is 939. The lowest BCUT2D eigenvalue weighted by Gasteiger charge is -2.11. The third kappa shape index (κ3) is 5.26. The number of anilines is 1. The molecule has 0 radical (unpaired) electrons. The van der Waals surface area contributed by atoms with Gasteiger partial charge in [0.1, 0.15) is 17.4 Å². The fraction of sp³-hybridized carbons (Fsp3) is 0.350. The standard InChI is InChI=1S/C20H22F2N2O5/c1-5-28-20(27)18-17(11(3)25)12(4)29-19(18)24-16(26)9-23-10(2)13-6-7-14(21)15(22)8-13/h6-8,10,23H,5,9H2,1-4H3,(H,24,26)/p+1/t10-/m0/s1. The van der Waals surface area contributed by atoms with Crippen molar-refractivity contribution in [1.82, 2.24) is 0 Å². The average molecular weight is 409 g/mol. The fourth-order valence-corrected chi connectivity index (χ4v) is 2.85. The molecule has 0 bridgehead atoms. The number of Topliss-reactive ketones (excluding diaryl/α,β-unsaturated/α-hetero) is 1. The monoisotopic (exact) mass is 409 g/mol. The minimum absolute atomic E-state index is 0.0536. The molecule has 9 heteroatoms. The molecule has 0 saturated carbocycles. The topological polar surface area (TPSA) is 102 Å². The molecule has 1 heterocycles. The molecule has 0 unspecified atom stereocenters. The van der Waals surface area contributed by atoms with E-state index in [-0.39, 0.29) is 42.0 Å². The number of nitrogens with one attached hydrogen (secondary N) is 1. The number of quaternary nitrogens is 1. The minimum Gasteiger partial charge on any atom is -0.462 e. The van der Waals surface area contributed by atoms with Crippen molar-refractivity contribution in [3.63, 3.8) is 0 Å². The van der Waals surface area contributed by atoms with Crippen LogP contribution in [0.3, 0.4) is 0 Å². The number of furan rings is 1. The van der Waals surface area contributed by atoms with Gasteiger partial charge in [0.2, 0.25) is 5.88 Å². The Kier molecular flexibility index (Phi) is 7.22. The first kappa shape index (κ1) is 22.2. The second-order valence-corrected chi connectivity index (χ2v) is 6.46. The van der Waals surface area contributed by atoms with E-state index in [0.717, 1.165) is 12.1 Å². The summed E-state index contributed by atoms with van der Waals surface area (Å²) in [5, 5.41) is 4.07. The summed E-state index contributed by atoms with van der Waals surface area (Å²) in [6.45, 7) is 6.14. The number of aryl methyl sites for hydroxylation is 1. The lowest BCUT2D eigenvalue weighted by Crippen LogP contribution is -2.86. The van der Waals surface area contributed by atoms with Crippen LogP contribution in [0.5, 0.6) is 0 Å². The van der Waals surface area contributed by atoms with Gasteiger partial charge < -0.3 is 14.5 Å². The molecule has 1 amide bonds. The molecular formula is C20H23F2N2O5+. The third-order valence-corrected chi connectivity index (χ3v) is 4.30. The van der Waals surface area contributed by atoms with Crippen LogP contribution in [0.15, 0.2) is 22.6 Å². The van der Waals surface area contributed by atoms with Crippen LogP contribution in [0.2, 0.25) is 0 Å². The van der Waals surface area contributed by atoms with Crippen molar-refractivity contribution in [3.8, 4) is 0 Å². The van der Waals surface area contributed by atoms with E-state index in [2.05, 4.69) is 5.32 Å². The van der Waals surface area contributed by atoms with Crippen molar-refractivity contribution in [2.24, 2.45) is 0 Å². The van der Waals surface area contributed by atoms with Gasteiger partial charge in [0.05, 0.1) is 12.2 Å². The van der Waals surface area contributed by atoms with E-state index in [1.54, 1.807) is 19.2 Å². The lowest BCUT2D eigenvalue weighted by atomic mass is 10.1. The maximum atomic E-state index is 13.4. The molecule has 0 saturated heterocycles. The van der Waals surface area contributed by atoms with E-state index in [1.807, 2.05) is 0 Å². The number of nitrogens with two attached hydrogens (primary N) is 1. The quantitative estimate of drug-likeness (QED) is 0.515. The Hall–Kier alpha value is -3.07. The molecule has 1 aromatic heterocycles. The van der Waals surface area contributed by atoms with Crippen LogP contribution in [0.1, 0.15) is 58.9 Å². The number of esters is 1. The molecule has 1 aromatic carbocycles. The van der Waals surface area contributed by atoms with Gasteiger partial charge >= 0.3 is 5.97 Å². The lowest BCUT2D eigenvalue weighted by molar-refractivity contribution is -0.682. The smallest absolute Gasteiger partial charge is 0.344 e. The Morgan fingerprint density at radius 3 is 2.48 bits per heavy atom. The highest BCUT2D eigenvalue weighted by molar-refractivity contribution is 6.10. The summed E-state index contributed by atoms with van der Waals surface area (Å²) in [7, 11) is 0. The number of hydrogen-bond acceptors (Lipinski definition) is 5. The highest BCUT2D eigenvalue weighted by Crippen LogP contribution is 2.28. The summed E-state index contributed by atoms with van der Waals surface area (Å²) >= 11 is 0. The van der Waals surface area contributed by atoms with Crippen LogP contribution in [0.4, 0.5) is 14.7 Å². The second-order valence-electron chi connectivity index (χ2n) is 6.46. The molecule has 156 valence electrons. The highest BCUT2D eigenvalue weighted by Gasteiger charge is 2.29. The summed E-state index contributed by atoms with van der Waals surface area (Å²) in [4.78, 5) is 36.4. The number of rotatable bonds is 8. The van der Waals surface area contributed by atoms with Crippen LogP contribution in [0, 0.1) is 18.6 Å². The number of carbonyl (C=O) groups excluding carboxylic acids is 3. The van der Waals surface area contributed by atoms with Gasteiger partial charge in [-0.25, -0.2) is 13.6 Å². The van der Waals surface area contributed by atoms with Crippen molar-refractivity contribution in [2.75, 3.05) is 18.5 Å². The molecule has 0 aliphatic rings. The van der Waals surface area contributed by atoms with Crippen LogP contribution < -0.4 is 10.6 Å². The Morgan fingerprint density at radius 1 is 1.21 bits per heavy atom. The van der Waals surface area contributed by atoms with Crippen molar-refractivity contribution < 1.29 is 37.6 Å². The van der Waals surface area contributed by atoms with Crippen molar-refractivity contribution in [3.05, 3.63) is 52.3 Å². The first-order valence-electron chi connectivity index (χ1n) is 9.05. The molecule has 0 aliphatic carbocycles. The van der Waals surface area contributed by atoms with Gasteiger partial charge in [-0.05, 0) is 45.9 Å². The number of amides is 1. The molecule has 0 aliphatic heterocycles. The molecule has 0 fully saturated rings. The second kappa shape index (κ2) is 9.42. The Labute approximate surface area is 166 Å². The zero-order chi connectivity index (χ0) is 21.7. The van der Waals surface area contributed by atoms with Gasteiger partial charge in [-0.1, -0.05) is 0 Å². The first-order chi connectivity index (χ1) is 13.6. The number of benzene rings is 1. The molecule has 7 nitrogen and oxygen atoms in total. The molecule has 3 N–H and O–H groups in total.